The number of hydrogen-bond acceptors (Lipinski definition) is 3. The maximum atomic E-state index is 12.4. The molecule has 0 aromatic heterocycles. The summed E-state index contributed by atoms with van der Waals surface area (Å²) in [6, 6.07) is 13.4. The molecule has 2 aromatic carbocycles. The Morgan fingerprint density at radius 1 is 1.30 bits per heavy atom. The zero-order valence-corrected chi connectivity index (χ0v) is 13.1. The molecule has 5 heteroatoms. The van der Waals surface area contributed by atoms with Gasteiger partial charge in [0.05, 0.1) is 21.4 Å². The zero-order chi connectivity index (χ0) is 14.1. The second-order valence-corrected chi connectivity index (χ2v) is 7.13. The lowest BCUT2D eigenvalue weighted by Gasteiger charge is -2.11. The van der Waals surface area contributed by atoms with Gasteiger partial charge in [0, 0.05) is 16.6 Å². The largest absolute Gasteiger partial charge is 0.489 e. The summed E-state index contributed by atoms with van der Waals surface area (Å²) < 4.78 is 19.1. The van der Waals surface area contributed by atoms with Crippen molar-refractivity contribution >= 4 is 32.4 Å². The van der Waals surface area contributed by atoms with Gasteiger partial charge < -0.3 is 10.5 Å². The van der Waals surface area contributed by atoms with Crippen molar-refractivity contribution in [1.29, 1.82) is 0 Å². The van der Waals surface area contributed by atoms with Gasteiger partial charge in [-0.3, -0.25) is 4.21 Å². The average molecular weight is 352 g/mol. The van der Waals surface area contributed by atoms with E-state index >= 15 is 0 Å². The molecule has 0 saturated heterocycles. The molecular weight excluding hydrogens is 338 g/mol. The minimum Gasteiger partial charge on any atom is -0.489 e. The third-order valence-electron chi connectivity index (χ3n) is 3.27. The van der Waals surface area contributed by atoms with Crippen LogP contribution in [0, 0.1) is 0 Å². The molecule has 0 spiro atoms. The second kappa shape index (κ2) is 5.58. The van der Waals surface area contributed by atoms with E-state index in [2.05, 4.69) is 15.9 Å². The predicted octanol–water partition coefficient (Wildman–Crippen LogP) is 3.14. The summed E-state index contributed by atoms with van der Waals surface area (Å²) in [5.41, 5.74) is 7.65. The molecule has 2 atom stereocenters. The van der Waals surface area contributed by atoms with Gasteiger partial charge in [-0.2, -0.15) is 0 Å². The predicted molar refractivity (Wildman–Crippen MR) is 84.4 cm³/mol. The quantitative estimate of drug-likeness (QED) is 0.864. The molecule has 0 saturated carbocycles. The third kappa shape index (κ3) is 2.74. The monoisotopic (exact) mass is 351 g/mol. The Bertz CT molecular complexity index is 650. The Labute approximate surface area is 128 Å². The highest BCUT2D eigenvalue weighted by molar-refractivity contribution is 9.10. The van der Waals surface area contributed by atoms with Gasteiger partial charge in [-0.25, -0.2) is 0 Å². The molecule has 0 amide bonds. The summed E-state index contributed by atoms with van der Waals surface area (Å²) in [4.78, 5) is 0.674. The molecule has 104 valence electrons. The summed E-state index contributed by atoms with van der Waals surface area (Å²) in [6.07, 6.45) is 0.759. The van der Waals surface area contributed by atoms with Crippen LogP contribution < -0.4 is 10.5 Å². The van der Waals surface area contributed by atoms with Crippen molar-refractivity contribution < 1.29 is 8.95 Å². The van der Waals surface area contributed by atoms with Crippen LogP contribution in [0.2, 0.25) is 0 Å². The number of nitrogens with two attached hydrogens (primary N) is 1. The van der Waals surface area contributed by atoms with Crippen LogP contribution in [0.4, 0.5) is 5.69 Å². The standard InChI is InChI=1S/C15H14BrNO2S/c16-11-5-6-15(13(17)8-11)20(18)9-12-7-10-3-1-2-4-14(10)19-12/h1-6,8,12H,7,9,17H2. The molecule has 2 unspecified atom stereocenters. The number of halogens is 1. The lowest BCUT2D eigenvalue weighted by Crippen LogP contribution is -2.22. The van der Waals surface area contributed by atoms with Crippen LogP contribution in [0.5, 0.6) is 5.75 Å². The molecule has 3 rings (SSSR count). The van der Waals surface area contributed by atoms with E-state index < -0.39 is 10.8 Å². The Hall–Kier alpha value is -1.33. The summed E-state index contributed by atoms with van der Waals surface area (Å²) in [7, 11) is -1.15. The van der Waals surface area contributed by atoms with Crippen LogP contribution >= 0.6 is 15.9 Å². The van der Waals surface area contributed by atoms with Crippen LogP contribution in [-0.4, -0.2) is 16.1 Å². The van der Waals surface area contributed by atoms with Gasteiger partial charge in [-0.05, 0) is 29.8 Å². The molecule has 3 nitrogen and oxygen atoms in total. The topological polar surface area (TPSA) is 52.3 Å². The normalized spacial score (nSPS) is 18.4. The van der Waals surface area contributed by atoms with Crippen LogP contribution in [0.3, 0.4) is 0 Å². The van der Waals surface area contributed by atoms with E-state index in [1.165, 1.54) is 5.56 Å². The number of benzene rings is 2. The first-order valence-corrected chi connectivity index (χ1v) is 8.42. The van der Waals surface area contributed by atoms with Crippen molar-refractivity contribution in [2.24, 2.45) is 0 Å². The van der Waals surface area contributed by atoms with Crippen molar-refractivity contribution in [2.45, 2.75) is 17.4 Å². The first kappa shape index (κ1) is 13.6. The molecule has 20 heavy (non-hydrogen) atoms. The fourth-order valence-electron chi connectivity index (χ4n) is 2.33. The highest BCUT2D eigenvalue weighted by Crippen LogP contribution is 2.30. The molecule has 0 fully saturated rings. The van der Waals surface area contributed by atoms with Gasteiger partial charge in [0.2, 0.25) is 0 Å². The molecule has 2 aromatic rings. The third-order valence-corrected chi connectivity index (χ3v) is 5.30. The molecule has 0 aliphatic carbocycles. The Balaban J connectivity index is 1.72. The molecule has 1 aliphatic heterocycles. The first-order valence-electron chi connectivity index (χ1n) is 6.31. The second-order valence-electron chi connectivity index (χ2n) is 4.75. The minimum absolute atomic E-state index is 0.0451. The van der Waals surface area contributed by atoms with Crippen molar-refractivity contribution in [3.8, 4) is 5.75 Å². The number of ether oxygens (including phenoxy) is 1. The Kier molecular flexibility index (Phi) is 3.81. The van der Waals surface area contributed by atoms with Gasteiger partial charge in [-0.1, -0.05) is 34.1 Å². The summed E-state index contributed by atoms with van der Waals surface area (Å²) in [6.45, 7) is 0. The maximum Gasteiger partial charge on any atom is 0.123 e. The number of anilines is 1. The number of fused-ring (bicyclic) bond motifs is 1. The number of para-hydroxylation sites is 1. The van der Waals surface area contributed by atoms with E-state index in [1.807, 2.05) is 30.3 Å². The first-order chi connectivity index (χ1) is 9.63. The summed E-state index contributed by atoms with van der Waals surface area (Å²) in [5.74, 6) is 1.36. The molecule has 1 heterocycles. The van der Waals surface area contributed by atoms with Crippen LogP contribution in [-0.2, 0) is 17.2 Å². The fourth-order valence-corrected chi connectivity index (χ4v) is 3.96. The lowest BCUT2D eigenvalue weighted by atomic mass is 10.1. The highest BCUT2D eigenvalue weighted by Gasteiger charge is 2.25. The Morgan fingerprint density at radius 3 is 2.85 bits per heavy atom. The van der Waals surface area contributed by atoms with Crippen LogP contribution in [0.25, 0.3) is 0 Å². The van der Waals surface area contributed by atoms with Crippen molar-refractivity contribution in [1.82, 2.24) is 0 Å². The van der Waals surface area contributed by atoms with Crippen molar-refractivity contribution in [3.05, 3.63) is 52.5 Å². The Morgan fingerprint density at radius 2 is 2.10 bits per heavy atom. The lowest BCUT2D eigenvalue weighted by molar-refractivity contribution is 0.258. The van der Waals surface area contributed by atoms with Crippen molar-refractivity contribution in [2.75, 3.05) is 11.5 Å². The smallest absolute Gasteiger partial charge is 0.123 e. The highest BCUT2D eigenvalue weighted by atomic mass is 79.9. The summed E-state index contributed by atoms with van der Waals surface area (Å²) in [5, 5.41) is 0. The maximum absolute atomic E-state index is 12.4. The van der Waals surface area contributed by atoms with Gasteiger partial charge in [0.1, 0.15) is 11.9 Å². The van der Waals surface area contributed by atoms with E-state index in [9.17, 15) is 4.21 Å². The van der Waals surface area contributed by atoms with E-state index in [0.717, 1.165) is 16.6 Å². The van der Waals surface area contributed by atoms with E-state index in [-0.39, 0.29) is 6.10 Å². The van der Waals surface area contributed by atoms with Gasteiger partial charge in [0.25, 0.3) is 0 Å². The molecule has 1 aliphatic rings. The van der Waals surface area contributed by atoms with Crippen LogP contribution in [0.15, 0.2) is 51.8 Å². The van der Waals surface area contributed by atoms with Gasteiger partial charge >= 0.3 is 0 Å². The summed E-state index contributed by atoms with van der Waals surface area (Å²) >= 11 is 3.35. The molecule has 2 N–H and O–H groups in total. The van der Waals surface area contributed by atoms with E-state index in [4.69, 9.17) is 10.5 Å². The number of rotatable bonds is 3. The van der Waals surface area contributed by atoms with Crippen LogP contribution in [0.1, 0.15) is 5.56 Å². The molecular formula is C15H14BrNO2S. The number of nitrogen functional groups attached to an aromatic ring is 1. The van der Waals surface area contributed by atoms with Gasteiger partial charge in [0.15, 0.2) is 0 Å². The zero-order valence-electron chi connectivity index (χ0n) is 10.7. The average Bonchev–Trinajstić information content (AvgIpc) is 2.80. The van der Waals surface area contributed by atoms with E-state index in [1.54, 1.807) is 12.1 Å². The van der Waals surface area contributed by atoms with Gasteiger partial charge in [-0.15, -0.1) is 0 Å². The number of hydrogen-bond donors (Lipinski definition) is 1. The molecule has 0 radical (unpaired) electrons. The van der Waals surface area contributed by atoms with E-state index in [0.29, 0.717) is 16.3 Å². The fraction of sp³-hybridized carbons (Fsp3) is 0.200. The van der Waals surface area contributed by atoms with Crippen molar-refractivity contribution in [3.63, 3.8) is 0 Å². The minimum atomic E-state index is -1.15. The molecule has 0 bridgehead atoms. The SMILES string of the molecule is Nc1cc(Br)ccc1S(=O)CC1Cc2ccccc2O1.